The Hall–Kier alpha value is -1.53. The van der Waals surface area contributed by atoms with Gasteiger partial charge in [-0.15, -0.1) is 11.8 Å². The van der Waals surface area contributed by atoms with Gasteiger partial charge in [0.25, 0.3) is 5.91 Å². The third-order valence-corrected chi connectivity index (χ3v) is 5.38. The van der Waals surface area contributed by atoms with E-state index in [4.69, 9.17) is 4.74 Å². The fourth-order valence-electron chi connectivity index (χ4n) is 2.79. The predicted molar refractivity (Wildman–Crippen MR) is 79.1 cm³/mol. The van der Waals surface area contributed by atoms with Crippen LogP contribution in [0.3, 0.4) is 0 Å². The van der Waals surface area contributed by atoms with Crippen molar-refractivity contribution in [3.63, 3.8) is 0 Å². The Kier molecular flexibility index (Phi) is 3.91. The third-order valence-electron chi connectivity index (χ3n) is 3.93. The number of hydrogen-bond acceptors (Lipinski definition) is 4. The highest BCUT2D eigenvalue weighted by Crippen LogP contribution is 2.33. The molecular formula is C15H17NO4S. The van der Waals surface area contributed by atoms with Gasteiger partial charge in [-0.3, -0.25) is 4.79 Å². The number of carboxylic acids is 1. The van der Waals surface area contributed by atoms with Crippen LogP contribution in [0.25, 0.3) is 0 Å². The minimum absolute atomic E-state index is 0.0666. The molecule has 2 aliphatic rings. The number of carboxylic acid groups (broad SMARTS) is 1. The Bertz CT molecular complexity index is 589. The van der Waals surface area contributed by atoms with Crippen LogP contribution >= 0.6 is 11.8 Å². The zero-order chi connectivity index (χ0) is 15.0. The molecular weight excluding hydrogens is 290 g/mol. The van der Waals surface area contributed by atoms with Crippen molar-refractivity contribution < 1.29 is 19.4 Å². The second-order valence-electron chi connectivity index (χ2n) is 5.24. The van der Waals surface area contributed by atoms with E-state index in [1.807, 2.05) is 19.1 Å². The Morgan fingerprint density at radius 1 is 1.38 bits per heavy atom. The zero-order valence-corrected chi connectivity index (χ0v) is 12.6. The first-order chi connectivity index (χ1) is 10.1. The lowest BCUT2D eigenvalue weighted by Gasteiger charge is -2.26. The van der Waals surface area contributed by atoms with E-state index in [-0.39, 0.29) is 11.3 Å². The molecule has 1 aromatic carbocycles. The van der Waals surface area contributed by atoms with Gasteiger partial charge in [0.1, 0.15) is 6.04 Å². The normalized spacial score (nSPS) is 24.1. The molecule has 2 atom stereocenters. The van der Waals surface area contributed by atoms with E-state index in [9.17, 15) is 14.7 Å². The second kappa shape index (κ2) is 5.69. The number of fused-ring (bicyclic) bond motifs is 1. The summed E-state index contributed by atoms with van der Waals surface area (Å²) in [6.07, 6.45) is 0.744. The lowest BCUT2D eigenvalue weighted by Crippen LogP contribution is -2.45. The van der Waals surface area contributed by atoms with Gasteiger partial charge < -0.3 is 14.7 Å². The maximum Gasteiger partial charge on any atom is 0.327 e. The smallest absolute Gasteiger partial charge is 0.327 e. The number of nitrogens with zero attached hydrogens (tertiary/aromatic N) is 1. The van der Waals surface area contributed by atoms with E-state index in [1.54, 1.807) is 6.07 Å². The second-order valence-corrected chi connectivity index (χ2v) is 6.45. The fraction of sp³-hybridized carbons (Fsp3) is 0.467. The van der Waals surface area contributed by atoms with Crippen molar-refractivity contribution in [2.75, 3.05) is 5.75 Å². The maximum atomic E-state index is 12.7. The molecule has 0 aliphatic carbocycles. The van der Waals surface area contributed by atoms with Crippen LogP contribution in [0.1, 0.15) is 34.8 Å². The van der Waals surface area contributed by atoms with Crippen molar-refractivity contribution in [3.05, 3.63) is 34.9 Å². The monoisotopic (exact) mass is 307 g/mol. The first-order valence-electron chi connectivity index (χ1n) is 6.98. The van der Waals surface area contributed by atoms with Crippen LogP contribution in [-0.4, -0.2) is 39.1 Å². The van der Waals surface area contributed by atoms with Crippen molar-refractivity contribution >= 4 is 23.6 Å². The summed E-state index contributed by atoms with van der Waals surface area (Å²) in [6.45, 7) is 3.07. The first-order valence-corrected chi connectivity index (χ1v) is 8.03. The van der Waals surface area contributed by atoms with Gasteiger partial charge in [-0.25, -0.2) is 4.79 Å². The average Bonchev–Trinajstić information content (AvgIpc) is 3.11. The number of benzene rings is 1. The summed E-state index contributed by atoms with van der Waals surface area (Å²) in [5, 5.41) is 9.25. The van der Waals surface area contributed by atoms with Gasteiger partial charge in [0.05, 0.1) is 18.6 Å². The minimum atomic E-state index is -0.934. The molecule has 5 nitrogen and oxygen atoms in total. The zero-order valence-electron chi connectivity index (χ0n) is 11.7. The molecule has 0 radical (unpaired) electrons. The number of ether oxygens (including phenoxy) is 1. The molecule has 0 bridgehead atoms. The summed E-state index contributed by atoms with van der Waals surface area (Å²) in [6, 6.07) is 4.76. The quantitative estimate of drug-likeness (QED) is 0.926. The third kappa shape index (κ3) is 2.53. The highest BCUT2D eigenvalue weighted by Gasteiger charge is 2.41. The van der Waals surface area contributed by atoms with Crippen molar-refractivity contribution in [2.45, 2.75) is 38.0 Å². The van der Waals surface area contributed by atoms with Gasteiger partial charge >= 0.3 is 5.97 Å². The number of carbonyl (C=O) groups excluding carboxylic acids is 1. The predicted octanol–water partition coefficient (Wildman–Crippen LogP) is 2.10. The molecule has 0 spiro atoms. The van der Waals surface area contributed by atoms with Crippen molar-refractivity contribution in [1.82, 2.24) is 4.90 Å². The van der Waals surface area contributed by atoms with Gasteiger partial charge in [0.2, 0.25) is 0 Å². The molecule has 3 rings (SSSR count). The van der Waals surface area contributed by atoms with E-state index >= 15 is 0 Å². The molecule has 6 heteroatoms. The highest BCUT2D eigenvalue weighted by molar-refractivity contribution is 8.00. The Morgan fingerprint density at radius 3 is 2.86 bits per heavy atom. The molecule has 1 amide bonds. The van der Waals surface area contributed by atoms with E-state index < -0.39 is 12.0 Å². The number of rotatable bonds is 3. The van der Waals surface area contributed by atoms with Crippen LogP contribution in [0.15, 0.2) is 18.2 Å². The SMILES string of the molecule is CCC1SCC(C(=O)O)N1C(=O)c1ccc2c(c1)COC2. The van der Waals surface area contributed by atoms with Gasteiger partial charge in [-0.2, -0.15) is 0 Å². The molecule has 1 saturated heterocycles. The van der Waals surface area contributed by atoms with E-state index in [0.717, 1.165) is 17.5 Å². The van der Waals surface area contributed by atoms with Crippen LogP contribution in [-0.2, 0) is 22.7 Å². The van der Waals surface area contributed by atoms with Crippen LogP contribution in [0, 0.1) is 0 Å². The van der Waals surface area contributed by atoms with Crippen LogP contribution < -0.4 is 0 Å². The summed E-state index contributed by atoms with van der Waals surface area (Å²) >= 11 is 1.53. The molecule has 112 valence electrons. The Morgan fingerprint density at radius 2 is 2.14 bits per heavy atom. The Labute approximate surface area is 127 Å². The summed E-state index contributed by atoms with van der Waals surface area (Å²) in [4.78, 5) is 25.6. The lowest BCUT2D eigenvalue weighted by molar-refractivity contribution is -0.141. The van der Waals surface area contributed by atoms with E-state index in [1.165, 1.54) is 16.7 Å². The number of thioether (sulfide) groups is 1. The van der Waals surface area contributed by atoms with Crippen molar-refractivity contribution in [2.24, 2.45) is 0 Å². The minimum Gasteiger partial charge on any atom is -0.480 e. The van der Waals surface area contributed by atoms with E-state index in [0.29, 0.717) is 24.5 Å². The molecule has 2 unspecified atom stereocenters. The molecule has 2 heterocycles. The average molecular weight is 307 g/mol. The maximum absolute atomic E-state index is 12.7. The number of aliphatic carboxylic acids is 1. The first kappa shape index (κ1) is 14.4. The van der Waals surface area contributed by atoms with Gasteiger partial charge in [0, 0.05) is 11.3 Å². The number of carbonyl (C=O) groups is 2. The van der Waals surface area contributed by atoms with Gasteiger partial charge in [-0.1, -0.05) is 13.0 Å². The molecule has 1 fully saturated rings. The molecule has 0 aromatic heterocycles. The van der Waals surface area contributed by atoms with Gasteiger partial charge in [0.15, 0.2) is 0 Å². The summed E-state index contributed by atoms with van der Waals surface area (Å²) in [5.74, 6) is -0.682. The lowest BCUT2D eigenvalue weighted by atomic mass is 10.0. The standard InChI is InChI=1S/C15H17NO4S/c1-2-13-16(12(8-21-13)15(18)19)14(17)9-3-4-10-6-20-7-11(10)5-9/h3-5,12-13H,2,6-8H2,1H3,(H,18,19). The largest absolute Gasteiger partial charge is 0.480 e. The number of hydrogen-bond donors (Lipinski definition) is 1. The van der Waals surface area contributed by atoms with Gasteiger partial charge in [-0.05, 0) is 29.7 Å². The topological polar surface area (TPSA) is 66.8 Å². The summed E-state index contributed by atoms with van der Waals surface area (Å²) in [7, 11) is 0. The Balaban J connectivity index is 1.90. The van der Waals surface area contributed by atoms with Crippen molar-refractivity contribution in [3.8, 4) is 0 Å². The fourth-order valence-corrected chi connectivity index (χ4v) is 4.14. The number of amides is 1. The molecule has 2 aliphatic heterocycles. The van der Waals surface area contributed by atoms with Crippen LogP contribution in [0.2, 0.25) is 0 Å². The summed E-state index contributed by atoms with van der Waals surface area (Å²) < 4.78 is 5.35. The molecule has 1 N–H and O–H groups in total. The summed E-state index contributed by atoms with van der Waals surface area (Å²) in [5.41, 5.74) is 2.67. The molecule has 21 heavy (non-hydrogen) atoms. The molecule has 0 saturated carbocycles. The van der Waals surface area contributed by atoms with E-state index in [2.05, 4.69) is 0 Å². The van der Waals surface area contributed by atoms with Crippen LogP contribution in [0.4, 0.5) is 0 Å². The van der Waals surface area contributed by atoms with Crippen molar-refractivity contribution in [1.29, 1.82) is 0 Å². The molecule has 1 aromatic rings. The van der Waals surface area contributed by atoms with Crippen LogP contribution in [0.5, 0.6) is 0 Å². The highest BCUT2D eigenvalue weighted by atomic mass is 32.2.